The number of hydrogen-bond acceptors (Lipinski definition) is 5. The standard InChI is InChI=1S/C16H27N3O2S/c1-16(2,21)13-17(3)11-15(20)19-7-5-18(6-8-19)10-14-4-9-22-12-14/h4,9,12,21H,5-8,10-11,13H2,1-3H3. The number of carbonyl (C=O) groups excluding carboxylic acids is 1. The zero-order valence-electron chi connectivity index (χ0n) is 13.8. The number of nitrogens with zero attached hydrogens (tertiary/aromatic N) is 3. The Hall–Kier alpha value is -0.950. The minimum atomic E-state index is -0.770. The van der Waals surface area contributed by atoms with Crippen LogP contribution in [-0.4, -0.2) is 77.6 Å². The number of thiophene rings is 1. The molecule has 0 radical (unpaired) electrons. The summed E-state index contributed by atoms with van der Waals surface area (Å²) in [4.78, 5) is 18.5. The van der Waals surface area contributed by atoms with E-state index in [0.29, 0.717) is 13.1 Å². The number of carbonyl (C=O) groups is 1. The van der Waals surface area contributed by atoms with Crippen molar-refractivity contribution in [2.24, 2.45) is 0 Å². The van der Waals surface area contributed by atoms with Crippen LogP contribution in [0.5, 0.6) is 0 Å². The molecule has 1 aliphatic rings. The molecule has 0 atom stereocenters. The van der Waals surface area contributed by atoms with Crippen LogP contribution >= 0.6 is 11.3 Å². The molecule has 0 unspecified atom stereocenters. The van der Waals surface area contributed by atoms with Crippen molar-refractivity contribution in [2.75, 3.05) is 46.3 Å². The molecule has 2 heterocycles. The summed E-state index contributed by atoms with van der Waals surface area (Å²) in [6, 6.07) is 2.16. The summed E-state index contributed by atoms with van der Waals surface area (Å²) in [6.07, 6.45) is 0. The van der Waals surface area contributed by atoms with Gasteiger partial charge in [0.1, 0.15) is 0 Å². The van der Waals surface area contributed by atoms with E-state index in [1.54, 1.807) is 25.2 Å². The highest BCUT2D eigenvalue weighted by Crippen LogP contribution is 2.12. The van der Waals surface area contributed by atoms with Crippen molar-refractivity contribution in [2.45, 2.75) is 26.0 Å². The van der Waals surface area contributed by atoms with Crippen molar-refractivity contribution in [3.8, 4) is 0 Å². The molecule has 0 bridgehead atoms. The molecule has 2 rings (SSSR count). The number of amides is 1. The first kappa shape index (κ1) is 17.4. The van der Waals surface area contributed by atoms with Crippen LogP contribution < -0.4 is 0 Å². The first-order chi connectivity index (χ1) is 10.3. The highest BCUT2D eigenvalue weighted by Gasteiger charge is 2.23. The van der Waals surface area contributed by atoms with E-state index >= 15 is 0 Å². The van der Waals surface area contributed by atoms with Gasteiger partial charge in [-0.25, -0.2) is 0 Å². The third-order valence-electron chi connectivity index (χ3n) is 3.77. The number of likely N-dealkylation sites (N-methyl/N-ethyl adjacent to an activating group) is 1. The van der Waals surface area contributed by atoms with Crippen molar-refractivity contribution < 1.29 is 9.90 Å². The Morgan fingerprint density at radius 3 is 2.59 bits per heavy atom. The predicted octanol–water partition coefficient (Wildman–Crippen LogP) is 1.09. The van der Waals surface area contributed by atoms with Crippen LogP contribution in [0.1, 0.15) is 19.4 Å². The van der Waals surface area contributed by atoms with Gasteiger partial charge < -0.3 is 10.0 Å². The lowest BCUT2D eigenvalue weighted by atomic mass is 10.1. The van der Waals surface area contributed by atoms with Crippen LogP contribution in [0, 0.1) is 0 Å². The van der Waals surface area contributed by atoms with Crippen molar-refractivity contribution >= 4 is 17.2 Å². The van der Waals surface area contributed by atoms with E-state index in [1.807, 2.05) is 16.8 Å². The summed E-state index contributed by atoms with van der Waals surface area (Å²) >= 11 is 1.73. The second-order valence-electron chi connectivity index (χ2n) is 6.77. The average Bonchev–Trinajstić information content (AvgIpc) is 2.90. The second-order valence-corrected chi connectivity index (χ2v) is 7.55. The summed E-state index contributed by atoms with van der Waals surface area (Å²) in [7, 11) is 1.88. The Kier molecular flexibility index (Phi) is 5.97. The predicted molar refractivity (Wildman–Crippen MR) is 90.0 cm³/mol. The van der Waals surface area contributed by atoms with E-state index in [9.17, 15) is 9.90 Å². The van der Waals surface area contributed by atoms with E-state index in [2.05, 4.69) is 21.7 Å². The molecule has 22 heavy (non-hydrogen) atoms. The fourth-order valence-electron chi connectivity index (χ4n) is 2.84. The third kappa shape index (κ3) is 5.68. The molecule has 1 amide bonds. The van der Waals surface area contributed by atoms with Crippen LogP contribution in [0.4, 0.5) is 0 Å². The summed E-state index contributed by atoms with van der Waals surface area (Å²) in [5.41, 5.74) is 0.587. The smallest absolute Gasteiger partial charge is 0.236 e. The molecule has 0 aliphatic carbocycles. The molecular formula is C16H27N3O2S. The van der Waals surface area contributed by atoms with Gasteiger partial charge in [0.05, 0.1) is 12.1 Å². The largest absolute Gasteiger partial charge is 0.389 e. The molecule has 5 nitrogen and oxygen atoms in total. The van der Waals surface area contributed by atoms with Crippen LogP contribution in [0.3, 0.4) is 0 Å². The first-order valence-electron chi connectivity index (χ1n) is 7.75. The molecule has 124 valence electrons. The summed E-state index contributed by atoms with van der Waals surface area (Å²) in [5, 5.41) is 14.1. The van der Waals surface area contributed by atoms with Crippen LogP contribution in [0.25, 0.3) is 0 Å². The van der Waals surface area contributed by atoms with Gasteiger partial charge in [-0.15, -0.1) is 0 Å². The van der Waals surface area contributed by atoms with Gasteiger partial charge in [0.15, 0.2) is 0 Å². The third-order valence-corrected chi connectivity index (χ3v) is 4.51. The molecule has 1 saturated heterocycles. The van der Waals surface area contributed by atoms with Gasteiger partial charge in [-0.05, 0) is 43.3 Å². The number of aliphatic hydroxyl groups is 1. The molecule has 6 heteroatoms. The highest BCUT2D eigenvalue weighted by molar-refractivity contribution is 7.07. The molecule has 0 aromatic carbocycles. The SMILES string of the molecule is CN(CC(=O)N1CCN(Cc2ccsc2)CC1)CC(C)(C)O. The molecule has 1 aromatic heterocycles. The minimum Gasteiger partial charge on any atom is -0.389 e. The van der Waals surface area contributed by atoms with Gasteiger partial charge >= 0.3 is 0 Å². The van der Waals surface area contributed by atoms with E-state index in [1.165, 1.54) is 5.56 Å². The van der Waals surface area contributed by atoms with E-state index in [0.717, 1.165) is 32.7 Å². The lowest BCUT2D eigenvalue weighted by molar-refractivity contribution is -0.134. The highest BCUT2D eigenvalue weighted by atomic mass is 32.1. The second kappa shape index (κ2) is 7.55. The van der Waals surface area contributed by atoms with Crippen LogP contribution in [-0.2, 0) is 11.3 Å². The Morgan fingerprint density at radius 2 is 2.05 bits per heavy atom. The molecule has 1 aromatic rings. The first-order valence-corrected chi connectivity index (χ1v) is 8.70. The Bertz CT molecular complexity index is 462. The van der Waals surface area contributed by atoms with Crippen molar-refractivity contribution in [3.63, 3.8) is 0 Å². The van der Waals surface area contributed by atoms with Gasteiger partial charge in [0.2, 0.25) is 5.91 Å². The fraction of sp³-hybridized carbons (Fsp3) is 0.688. The maximum absolute atomic E-state index is 12.3. The van der Waals surface area contributed by atoms with Crippen molar-refractivity contribution in [3.05, 3.63) is 22.4 Å². The van der Waals surface area contributed by atoms with Gasteiger partial charge in [-0.2, -0.15) is 11.3 Å². The Balaban J connectivity index is 1.72. The summed E-state index contributed by atoms with van der Waals surface area (Å²) in [5.74, 6) is 0.155. The lowest BCUT2D eigenvalue weighted by Crippen LogP contribution is -2.51. The maximum atomic E-state index is 12.3. The lowest BCUT2D eigenvalue weighted by Gasteiger charge is -2.35. The molecular weight excluding hydrogens is 298 g/mol. The summed E-state index contributed by atoms with van der Waals surface area (Å²) < 4.78 is 0. The molecule has 0 saturated carbocycles. The number of hydrogen-bond donors (Lipinski definition) is 1. The molecule has 0 spiro atoms. The normalized spacial score (nSPS) is 17.2. The van der Waals surface area contributed by atoms with Crippen molar-refractivity contribution in [1.82, 2.24) is 14.7 Å². The minimum absolute atomic E-state index is 0.155. The zero-order valence-corrected chi connectivity index (χ0v) is 14.6. The van der Waals surface area contributed by atoms with E-state index < -0.39 is 5.60 Å². The van der Waals surface area contributed by atoms with Gasteiger partial charge in [-0.1, -0.05) is 0 Å². The number of piperazine rings is 1. The fourth-order valence-corrected chi connectivity index (χ4v) is 3.50. The van der Waals surface area contributed by atoms with Crippen LogP contribution in [0.15, 0.2) is 16.8 Å². The molecule has 1 fully saturated rings. The van der Waals surface area contributed by atoms with Gasteiger partial charge in [-0.3, -0.25) is 14.6 Å². The average molecular weight is 325 g/mol. The Morgan fingerprint density at radius 1 is 1.36 bits per heavy atom. The zero-order chi connectivity index (χ0) is 16.2. The van der Waals surface area contributed by atoms with Crippen LogP contribution in [0.2, 0.25) is 0 Å². The van der Waals surface area contributed by atoms with Crippen molar-refractivity contribution in [1.29, 1.82) is 0 Å². The number of rotatable bonds is 6. The van der Waals surface area contributed by atoms with E-state index in [4.69, 9.17) is 0 Å². The Labute approximate surface area is 137 Å². The van der Waals surface area contributed by atoms with E-state index in [-0.39, 0.29) is 5.91 Å². The molecule has 1 aliphatic heterocycles. The topological polar surface area (TPSA) is 47.0 Å². The quantitative estimate of drug-likeness (QED) is 0.851. The monoisotopic (exact) mass is 325 g/mol. The van der Waals surface area contributed by atoms with Gasteiger partial charge in [0, 0.05) is 39.3 Å². The summed E-state index contributed by atoms with van der Waals surface area (Å²) in [6.45, 7) is 8.80. The van der Waals surface area contributed by atoms with Gasteiger partial charge in [0.25, 0.3) is 0 Å². The maximum Gasteiger partial charge on any atom is 0.236 e. The molecule has 1 N–H and O–H groups in total.